The molecule has 1 fully saturated rings. The third kappa shape index (κ3) is 2.48. The van der Waals surface area contributed by atoms with E-state index in [9.17, 15) is 0 Å². The van der Waals surface area contributed by atoms with Gasteiger partial charge in [0.1, 0.15) is 0 Å². The van der Waals surface area contributed by atoms with Crippen LogP contribution in [0, 0.1) is 5.41 Å². The van der Waals surface area contributed by atoms with Crippen LogP contribution in [0.25, 0.3) is 0 Å². The summed E-state index contributed by atoms with van der Waals surface area (Å²) in [5, 5.41) is 0. The van der Waals surface area contributed by atoms with Gasteiger partial charge in [0.05, 0.1) is 0 Å². The minimum Gasteiger partial charge on any atom is -0.330 e. The molecule has 2 nitrogen and oxygen atoms in total. The van der Waals surface area contributed by atoms with Gasteiger partial charge in [-0.15, -0.1) is 0 Å². The standard InChI is InChI=1S/C12H26N2/c1-4-12(5-2,9-13)10-14-8-6-7-11(14)3/h11H,4-10,13H2,1-3H3. The van der Waals surface area contributed by atoms with Crippen LogP contribution in [0.2, 0.25) is 0 Å². The van der Waals surface area contributed by atoms with Gasteiger partial charge in [-0.05, 0) is 51.1 Å². The number of hydrogen-bond donors (Lipinski definition) is 1. The predicted molar refractivity (Wildman–Crippen MR) is 62.3 cm³/mol. The maximum Gasteiger partial charge on any atom is 0.00676 e. The second-order valence-electron chi connectivity index (χ2n) is 4.87. The summed E-state index contributed by atoms with van der Waals surface area (Å²) in [4.78, 5) is 2.62. The topological polar surface area (TPSA) is 29.3 Å². The summed E-state index contributed by atoms with van der Waals surface area (Å²) >= 11 is 0. The van der Waals surface area contributed by atoms with E-state index in [0.29, 0.717) is 5.41 Å². The molecule has 0 spiro atoms. The molecule has 2 N–H and O–H groups in total. The molecule has 1 rings (SSSR count). The minimum absolute atomic E-state index is 0.374. The van der Waals surface area contributed by atoms with Crippen molar-refractivity contribution in [2.75, 3.05) is 19.6 Å². The van der Waals surface area contributed by atoms with Crippen molar-refractivity contribution in [3.8, 4) is 0 Å². The Hall–Kier alpha value is -0.0800. The number of nitrogens with two attached hydrogens (primary N) is 1. The fourth-order valence-electron chi connectivity index (χ4n) is 2.49. The predicted octanol–water partition coefficient (Wildman–Crippen LogP) is 2.24. The molecule has 1 saturated heterocycles. The Labute approximate surface area is 88.8 Å². The van der Waals surface area contributed by atoms with E-state index in [1.54, 1.807) is 0 Å². The van der Waals surface area contributed by atoms with Gasteiger partial charge in [-0.25, -0.2) is 0 Å². The van der Waals surface area contributed by atoms with Gasteiger partial charge < -0.3 is 10.6 Å². The van der Waals surface area contributed by atoms with Gasteiger partial charge in [-0.2, -0.15) is 0 Å². The summed E-state index contributed by atoms with van der Waals surface area (Å²) in [6, 6.07) is 0.777. The average Bonchev–Trinajstić information content (AvgIpc) is 2.61. The van der Waals surface area contributed by atoms with Crippen molar-refractivity contribution in [3.05, 3.63) is 0 Å². The van der Waals surface area contributed by atoms with Crippen molar-refractivity contribution >= 4 is 0 Å². The average molecular weight is 198 g/mol. The lowest BCUT2D eigenvalue weighted by atomic mass is 9.82. The first-order valence-corrected chi connectivity index (χ1v) is 6.11. The Morgan fingerprint density at radius 3 is 2.36 bits per heavy atom. The van der Waals surface area contributed by atoms with E-state index in [0.717, 1.165) is 12.6 Å². The molecule has 0 aromatic carbocycles. The molecule has 0 saturated carbocycles. The van der Waals surface area contributed by atoms with E-state index in [-0.39, 0.29) is 0 Å². The first kappa shape index (κ1) is 12.0. The van der Waals surface area contributed by atoms with Crippen LogP contribution in [0.15, 0.2) is 0 Å². The maximum absolute atomic E-state index is 5.93. The second kappa shape index (κ2) is 5.13. The molecule has 1 aliphatic rings. The molecule has 2 heteroatoms. The van der Waals surface area contributed by atoms with Gasteiger partial charge in [0.2, 0.25) is 0 Å². The van der Waals surface area contributed by atoms with E-state index in [1.807, 2.05) is 0 Å². The highest BCUT2D eigenvalue weighted by atomic mass is 15.2. The normalized spacial score (nSPS) is 24.4. The van der Waals surface area contributed by atoms with E-state index >= 15 is 0 Å². The molecular weight excluding hydrogens is 172 g/mol. The SMILES string of the molecule is CCC(CC)(CN)CN1CCCC1C. The first-order valence-electron chi connectivity index (χ1n) is 6.11. The van der Waals surface area contributed by atoms with Gasteiger partial charge in [0, 0.05) is 12.6 Å². The van der Waals surface area contributed by atoms with Crippen LogP contribution in [0.4, 0.5) is 0 Å². The number of nitrogens with zero attached hydrogens (tertiary/aromatic N) is 1. The molecule has 0 radical (unpaired) electrons. The van der Waals surface area contributed by atoms with Crippen molar-refractivity contribution in [1.29, 1.82) is 0 Å². The summed E-state index contributed by atoms with van der Waals surface area (Å²) in [5.74, 6) is 0. The fraction of sp³-hybridized carbons (Fsp3) is 1.00. The van der Waals surface area contributed by atoms with Crippen molar-refractivity contribution in [1.82, 2.24) is 4.90 Å². The third-order valence-corrected chi connectivity index (χ3v) is 4.16. The van der Waals surface area contributed by atoms with Crippen molar-refractivity contribution in [2.24, 2.45) is 11.1 Å². The highest BCUT2D eigenvalue weighted by Gasteiger charge is 2.31. The van der Waals surface area contributed by atoms with Crippen molar-refractivity contribution in [3.63, 3.8) is 0 Å². The van der Waals surface area contributed by atoms with Gasteiger partial charge in [0.15, 0.2) is 0 Å². The third-order valence-electron chi connectivity index (χ3n) is 4.16. The molecule has 0 aromatic heterocycles. The summed E-state index contributed by atoms with van der Waals surface area (Å²) in [7, 11) is 0. The Kier molecular flexibility index (Phi) is 4.39. The quantitative estimate of drug-likeness (QED) is 0.734. The summed E-state index contributed by atoms with van der Waals surface area (Å²) in [5.41, 5.74) is 6.30. The lowest BCUT2D eigenvalue weighted by Gasteiger charge is -2.36. The molecule has 0 aromatic rings. The zero-order valence-electron chi connectivity index (χ0n) is 10.1. The van der Waals surface area contributed by atoms with Crippen LogP contribution in [0.1, 0.15) is 46.5 Å². The second-order valence-corrected chi connectivity index (χ2v) is 4.87. The highest BCUT2D eigenvalue weighted by molar-refractivity contribution is 4.85. The highest BCUT2D eigenvalue weighted by Crippen LogP contribution is 2.29. The van der Waals surface area contributed by atoms with Gasteiger partial charge >= 0.3 is 0 Å². The number of hydrogen-bond acceptors (Lipinski definition) is 2. The van der Waals surface area contributed by atoms with Crippen molar-refractivity contribution in [2.45, 2.75) is 52.5 Å². The van der Waals surface area contributed by atoms with Crippen molar-refractivity contribution < 1.29 is 0 Å². The molecule has 14 heavy (non-hydrogen) atoms. The van der Waals surface area contributed by atoms with Crippen LogP contribution in [-0.4, -0.2) is 30.6 Å². The lowest BCUT2D eigenvalue weighted by Crippen LogP contribution is -2.43. The molecule has 0 bridgehead atoms. The van der Waals surface area contributed by atoms with Crippen LogP contribution >= 0.6 is 0 Å². The minimum atomic E-state index is 0.374. The Morgan fingerprint density at radius 2 is 2.00 bits per heavy atom. The van der Waals surface area contributed by atoms with Crippen LogP contribution < -0.4 is 5.73 Å². The maximum atomic E-state index is 5.93. The zero-order chi connectivity index (χ0) is 10.6. The van der Waals surface area contributed by atoms with E-state index in [1.165, 1.54) is 38.8 Å². The van der Waals surface area contributed by atoms with E-state index < -0.39 is 0 Å². The molecular formula is C12H26N2. The summed E-state index contributed by atoms with van der Waals surface area (Å²) in [6.45, 7) is 10.2. The summed E-state index contributed by atoms with van der Waals surface area (Å²) in [6.07, 6.45) is 5.16. The van der Waals surface area contributed by atoms with Crippen LogP contribution in [-0.2, 0) is 0 Å². The van der Waals surface area contributed by atoms with E-state index in [4.69, 9.17) is 5.73 Å². The largest absolute Gasteiger partial charge is 0.330 e. The fourth-order valence-corrected chi connectivity index (χ4v) is 2.49. The Morgan fingerprint density at radius 1 is 1.36 bits per heavy atom. The monoisotopic (exact) mass is 198 g/mol. The summed E-state index contributed by atoms with van der Waals surface area (Å²) < 4.78 is 0. The van der Waals surface area contributed by atoms with Gasteiger partial charge in [-0.3, -0.25) is 0 Å². The van der Waals surface area contributed by atoms with E-state index in [2.05, 4.69) is 25.7 Å². The molecule has 1 heterocycles. The van der Waals surface area contributed by atoms with Crippen LogP contribution in [0.3, 0.4) is 0 Å². The smallest absolute Gasteiger partial charge is 0.00676 e. The molecule has 1 aliphatic heterocycles. The van der Waals surface area contributed by atoms with Gasteiger partial charge in [0.25, 0.3) is 0 Å². The number of rotatable bonds is 5. The molecule has 0 aliphatic carbocycles. The van der Waals surface area contributed by atoms with Crippen LogP contribution in [0.5, 0.6) is 0 Å². The first-order chi connectivity index (χ1) is 6.67. The molecule has 84 valence electrons. The molecule has 0 amide bonds. The Bertz CT molecular complexity index is 155. The molecule has 1 atom stereocenters. The van der Waals surface area contributed by atoms with Gasteiger partial charge in [-0.1, -0.05) is 13.8 Å². The lowest BCUT2D eigenvalue weighted by molar-refractivity contribution is 0.139. The molecule has 1 unspecified atom stereocenters. The Balaban J connectivity index is 2.54. The number of likely N-dealkylation sites (tertiary alicyclic amines) is 1. The zero-order valence-corrected chi connectivity index (χ0v) is 10.1.